The number of halogens is 10. The predicted molar refractivity (Wildman–Crippen MR) is 55.9 cm³/mol. The van der Waals surface area contributed by atoms with Crippen molar-refractivity contribution in [1.82, 2.24) is 0 Å². The number of carbonyl (C=O) groups is 1. The van der Waals surface area contributed by atoms with E-state index in [1.165, 1.54) is 0 Å². The number of benzene rings is 2. The van der Waals surface area contributed by atoms with Gasteiger partial charge < -0.3 is 0 Å². The molecule has 0 aliphatic carbocycles. The first kappa shape index (κ1) is 17.8. The molecule has 0 saturated heterocycles. The molecule has 0 unspecified atom stereocenters. The third kappa shape index (κ3) is 2.31. The Morgan fingerprint density at radius 3 is 0.750 bits per heavy atom. The van der Waals surface area contributed by atoms with Crippen LogP contribution in [0.25, 0.3) is 0 Å². The molecule has 2 rings (SSSR count). The van der Waals surface area contributed by atoms with Crippen LogP contribution in [0.15, 0.2) is 0 Å². The van der Waals surface area contributed by atoms with Crippen molar-refractivity contribution < 1.29 is 48.7 Å². The lowest BCUT2D eigenvalue weighted by Crippen LogP contribution is -2.18. The van der Waals surface area contributed by atoms with Crippen LogP contribution >= 0.6 is 0 Å². The van der Waals surface area contributed by atoms with Gasteiger partial charge in [0.25, 0.3) is 0 Å². The molecule has 2 aromatic carbocycles. The van der Waals surface area contributed by atoms with Gasteiger partial charge in [0.2, 0.25) is 17.4 Å². The molecular weight excluding hydrogens is 362 g/mol. The SMILES string of the molecule is O=C(c1c(F)c(F)c(F)c(F)c1F)c1c(F)c(F)c(F)c(F)c1F. The Morgan fingerprint density at radius 1 is 0.375 bits per heavy atom. The van der Waals surface area contributed by atoms with Gasteiger partial charge in [-0.1, -0.05) is 0 Å². The standard InChI is InChI=1S/C13F10O/c14-3-1(4(15)8(19)11(22)7(3)18)13(24)2-5(16)9(20)12(23)10(21)6(2)17. The predicted octanol–water partition coefficient (Wildman–Crippen LogP) is 4.31. The summed E-state index contributed by atoms with van der Waals surface area (Å²) in [6.07, 6.45) is 0. The van der Waals surface area contributed by atoms with Gasteiger partial charge in [0.05, 0.1) is 0 Å². The number of hydrogen-bond donors (Lipinski definition) is 0. The van der Waals surface area contributed by atoms with Crippen molar-refractivity contribution in [3.8, 4) is 0 Å². The van der Waals surface area contributed by atoms with E-state index in [1.807, 2.05) is 0 Å². The zero-order valence-corrected chi connectivity index (χ0v) is 10.7. The summed E-state index contributed by atoms with van der Waals surface area (Å²) in [6, 6.07) is 0. The lowest BCUT2D eigenvalue weighted by atomic mass is 9.99. The second-order valence-corrected chi connectivity index (χ2v) is 4.22. The average molecular weight is 362 g/mol. The molecule has 11 heteroatoms. The van der Waals surface area contributed by atoms with Crippen LogP contribution in [0.1, 0.15) is 15.9 Å². The minimum Gasteiger partial charge on any atom is -0.288 e. The van der Waals surface area contributed by atoms with Gasteiger partial charge in [-0.2, -0.15) is 0 Å². The number of ketones is 1. The molecule has 1 nitrogen and oxygen atoms in total. The van der Waals surface area contributed by atoms with Crippen LogP contribution < -0.4 is 0 Å². The summed E-state index contributed by atoms with van der Waals surface area (Å²) in [7, 11) is 0. The van der Waals surface area contributed by atoms with E-state index in [1.54, 1.807) is 0 Å². The summed E-state index contributed by atoms with van der Waals surface area (Å²) >= 11 is 0. The highest BCUT2D eigenvalue weighted by Gasteiger charge is 2.36. The number of hydrogen-bond acceptors (Lipinski definition) is 1. The highest BCUT2D eigenvalue weighted by molar-refractivity contribution is 6.09. The van der Waals surface area contributed by atoms with Crippen molar-refractivity contribution in [2.75, 3.05) is 0 Å². The van der Waals surface area contributed by atoms with E-state index in [4.69, 9.17) is 0 Å². The summed E-state index contributed by atoms with van der Waals surface area (Å²) in [4.78, 5) is 11.7. The van der Waals surface area contributed by atoms with E-state index in [9.17, 15) is 48.7 Å². The molecule has 0 atom stereocenters. The highest BCUT2D eigenvalue weighted by atomic mass is 19.2. The third-order valence-electron chi connectivity index (χ3n) is 2.87. The van der Waals surface area contributed by atoms with Crippen LogP contribution in [0.3, 0.4) is 0 Å². The minimum atomic E-state index is -2.72. The maximum Gasteiger partial charge on any atom is 0.205 e. The van der Waals surface area contributed by atoms with E-state index >= 15 is 0 Å². The van der Waals surface area contributed by atoms with Gasteiger partial charge in [0.1, 0.15) is 11.1 Å². The molecule has 0 spiro atoms. The van der Waals surface area contributed by atoms with Crippen LogP contribution in [-0.4, -0.2) is 5.78 Å². The fraction of sp³-hybridized carbons (Fsp3) is 0. The Hall–Kier alpha value is -2.59. The van der Waals surface area contributed by atoms with E-state index in [2.05, 4.69) is 0 Å². The van der Waals surface area contributed by atoms with Crippen LogP contribution in [0.2, 0.25) is 0 Å². The van der Waals surface area contributed by atoms with E-state index in [0.717, 1.165) is 0 Å². The fourth-order valence-electron chi connectivity index (χ4n) is 1.73. The summed E-state index contributed by atoms with van der Waals surface area (Å²) in [5, 5.41) is 0. The Bertz CT molecular complexity index is 760. The smallest absolute Gasteiger partial charge is 0.205 e. The van der Waals surface area contributed by atoms with Crippen LogP contribution in [0.5, 0.6) is 0 Å². The first-order chi connectivity index (χ1) is 11.0. The number of carbonyl (C=O) groups excluding carboxylic acids is 1. The van der Waals surface area contributed by atoms with Crippen molar-refractivity contribution in [2.45, 2.75) is 0 Å². The summed E-state index contributed by atoms with van der Waals surface area (Å²) in [5.41, 5.74) is -4.73. The van der Waals surface area contributed by atoms with Gasteiger partial charge in [0, 0.05) is 0 Å². The molecule has 0 fully saturated rings. The lowest BCUT2D eigenvalue weighted by Gasteiger charge is -2.10. The highest BCUT2D eigenvalue weighted by Crippen LogP contribution is 2.29. The van der Waals surface area contributed by atoms with Gasteiger partial charge in [-0.15, -0.1) is 0 Å². The topological polar surface area (TPSA) is 17.1 Å². The van der Waals surface area contributed by atoms with E-state index in [0.29, 0.717) is 0 Å². The monoisotopic (exact) mass is 362 g/mol. The summed E-state index contributed by atoms with van der Waals surface area (Å²) in [5.74, 6) is -29.7. The van der Waals surface area contributed by atoms with Gasteiger partial charge in [0.15, 0.2) is 46.5 Å². The largest absolute Gasteiger partial charge is 0.288 e. The normalized spacial score (nSPS) is 11.1. The zero-order valence-electron chi connectivity index (χ0n) is 10.7. The Kier molecular flexibility index (Phi) is 4.29. The molecule has 128 valence electrons. The molecule has 0 heterocycles. The quantitative estimate of drug-likeness (QED) is 0.337. The molecule has 0 N–H and O–H groups in total. The maximum absolute atomic E-state index is 13.4. The molecular formula is C13F10O. The molecule has 0 saturated carbocycles. The van der Waals surface area contributed by atoms with Crippen LogP contribution in [0.4, 0.5) is 43.9 Å². The molecule has 2 aromatic rings. The summed E-state index contributed by atoms with van der Waals surface area (Å²) in [6.45, 7) is 0. The molecule has 0 radical (unpaired) electrons. The maximum atomic E-state index is 13.4. The molecule has 0 amide bonds. The second kappa shape index (κ2) is 5.80. The minimum absolute atomic E-state index is 2.37. The molecule has 24 heavy (non-hydrogen) atoms. The van der Waals surface area contributed by atoms with Crippen molar-refractivity contribution in [1.29, 1.82) is 0 Å². The number of rotatable bonds is 2. The van der Waals surface area contributed by atoms with Gasteiger partial charge in [-0.25, -0.2) is 43.9 Å². The first-order valence-electron chi connectivity index (χ1n) is 5.59. The van der Waals surface area contributed by atoms with Crippen LogP contribution in [-0.2, 0) is 0 Å². The summed E-state index contributed by atoms with van der Waals surface area (Å²) < 4.78 is 131. The average Bonchev–Trinajstić information content (AvgIpc) is 2.55. The van der Waals surface area contributed by atoms with Crippen molar-refractivity contribution in [3.63, 3.8) is 0 Å². The fourth-order valence-corrected chi connectivity index (χ4v) is 1.73. The van der Waals surface area contributed by atoms with Crippen molar-refractivity contribution >= 4 is 5.78 Å². The zero-order chi connectivity index (χ0) is 18.5. The van der Waals surface area contributed by atoms with E-state index < -0.39 is 75.1 Å². The van der Waals surface area contributed by atoms with Gasteiger partial charge in [-0.05, 0) is 0 Å². The molecule has 0 aliphatic heterocycles. The Labute approximate surface area is 125 Å². The van der Waals surface area contributed by atoms with Crippen molar-refractivity contribution in [2.24, 2.45) is 0 Å². The molecule has 0 aliphatic rings. The molecule has 0 aromatic heterocycles. The first-order valence-corrected chi connectivity index (χ1v) is 5.59. The Balaban J connectivity index is 2.87. The third-order valence-corrected chi connectivity index (χ3v) is 2.87. The Morgan fingerprint density at radius 2 is 0.542 bits per heavy atom. The lowest BCUT2D eigenvalue weighted by molar-refractivity contribution is 0.101. The van der Waals surface area contributed by atoms with E-state index in [-0.39, 0.29) is 0 Å². The second-order valence-electron chi connectivity index (χ2n) is 4.22. The molecule has 0 bridgehead atoms. The van der Waals surface area contributed by atoms with Crippen LogP contribution in [0, 0.1) is 58.2 Å². The van der Waals surface area contributed by atoms with Gasteiger partial charge >= 0.3 is 0 Å². The van der Waals surface area contributed by atoms with Crippen molar-refractivity contribution in [3.05, 3.63) is 69.3 Å². The van der Waals surface area contributed by atoms with Gasteiger partial charge in [-0.3, -0.25) is 4.79 Å².